The van der Waals surface area contributed by atoms with Crippen LogP contribution >= 0.6 is 0 Å². The largest absolute Gasteiger partial charge is 0.506 e. The van der Waals surface area contributed by atoms with Crippen molar-refractivity contribution in [1.82, 2.24) is 9.55 Å². The third-order valence-electron chi connectivity index (χ3n) is 6.23. The number of pyridine rings is 2. The Balaban J connectivity index is 1.63. The van der Waals surface area contributed by atoms with Crippen molar-refractivity contribution in [1.29, 1.82) is 0 Å². The Hall–Kier alpha value is -4.76. The predicted molar refractivity (Wildman–Crippen MR) is 142 cm³/mol. The van der Waals surface area contributed by atoms with E-state index in [1.807, 2.05) is 60.7 Å². The summed E-state index contributed by atoms with van der Waals surface area (Å²) in [6, 6.07) is 26.9. The summed E-state index contributed by atoms with van der Waals surface area (Å²) in [5.74, 6) is -0.634. The highest BCUT2D eigenvalue weighted by Gasteiger charge is 2.30. The van der Waals surface area contributed by atoms with Crippen LogP contribution in [0.5, 0.6) is 5.75 Å². The predicted octanol–water partition coefficient (Wildman–Crippen LogP) is 4.38. The van der Waals surface area contributed by atoms with Crippen LogP contribution in [0.2, 0.25) is 0 Å². The molecule has 0 bridgehead atoms. The van der Waals surface area contributed by atoms with E-state index < -0.39 is 21.3 Å². The van der Waals surface area contributed by atoms with Crippen molar-refractivity contribution in [3.63, 3.8) is 0 Å². The summed E-state index contributed by atoms with van der Waals surface area (Å²) in [5.41, 5.74) is 2.14. The lowest BCUT2D eigenvalue weighted by Gasteiger charge is -2.20. The van der Waals surface area contributed by atoms with E-state index >= 15 is 0 Å². The van der Waals surface area contributed by atoms with Gasteiger partial charge in [0.1, 0.15) is 21.9 Å². The van der Waals surface area contributed by atoms with Gasteiger partial charge in [0, 0.05) is 11.8 Å². The van der Waals surface area contributed by atoms with E-state index in [9.17, 15) is 18.3 Å². The number of para-hydroxylation sites is 1. The van der Waals surface area contributed by atoms with Crippen LogP contribution in [-0.4, -0.2) is 28.9 Å². The maximum atomic E-state index is 13.8. The van der Waals surface area contributed by atoms with Crippen LogP contribution in [0, 0.1) is 0 Å². The molecule has 2 N–H and O–H groups in total. The molecule has 0 saturated carbocycles. The summed E-state index contributed by atoms with van der Waals surface area (Å²) >= 11 is 0. The zero-order valence-electron chi connectivity index (χ0n) is 19.4. The fourth-order valence-electron chi connectivity index (χ4n) is 4.45. The van der Waals surface area contributed by atoms with Crippen molar-refractivity contribution in [2.75, 3.05) is 5.32 Å². The van der Waals surface area contributed by atoms with Gasteiger partial charge in [-0.1, -0.05) is 72.8 Å². The van der Waals surface area contributed by atoms with Gasteiger partial charge in [-0.25, -0.2) is 4.98 Å². The number of nitrogens with one attached hydrogen (secondary N) is 1. The summed E-state index contributed by atoms with van der Waals surface area (Å²) in [4.78, 5) is 18.4. The molecule has 0 radical (unpaired) electrons. The Kier molecular flexibility index (Phi) is 5.35. The van der Waals surface area contributed by atoms with Gasteiger partial charge in [-0.2, -0.15) is 8.42 Å². The zero-order valence-corrected chi connectivity index (χ0v) is 20.2. The quantitative estimate of drug-likeness (QED) is 0.373. The van der Waals surface area contributed by atoms with Crippen LogP contribution in [-0.2, 0) is 16.6 Å². The highest BCUT2D eigenvalue weighted by molar-refractivity contribution is 7.90. The van der Waals surface area contributed by atoms with Crippen molar-refractivity contribution < 1.29 is 13.5 Å². The maximum Gasteiger partial charge on any atom is 0.286 e. The van der Waals surface area contributed by atoms with E-state index in [0.29, 0.717) is 5.39 Å². The first-order valence-electron chi connectivity index (χ1n) is 11.5. The number of rotatable bonds is 4. The molecule has 3 aromatic carbocycles. The van der Waals surface area contributed by atoms with Gasteiger partial charge in [-0.3, -0.25) is 9.36 Å². The van der Waals surface area contributed by atoms with E-state index in [0.717, 1.165) is 16.7 Å². The first-order valence-corrected chi connectivity index (χ1v) is 12.9. The van der Waals surface area contributed by atoms with Gasteiger partial charge in [0.05, 0.1) is 17.6 Å². The topological polar surface area (TPSA) is 114 Å². The number of benzene rings is 3. The van der Waals surface area contributed by atoms with Crippen LogP contribution in [0.15, 0.2) is 111 Å². The van der Waals surface area contributed by atoms with Crippen LogP contribution < -0.4 is 10.9 Å². The summed E-state index contributed by atoms with van der Waals surface area (Å²) in [6.45, 7) is 0.164. The second-order valence-electron chi connectivity index (χ2n) is 8.60. The van der Waals surface area contributed by atoms with Crippen molar-refractivity contribution in [2.45, 2.75) is 11.4 Å². The smallest absolute Gasteiger partial charge is 0.286 e. The van der Waals surface area contributed by atoms with Crippen molar-refractivity contribution in [2.24, 2.45) is 4.40 Å². The van der Waals surface area contributed by atoms with Gasteiger partial charge in [-0.05, 0) is 29.3 Å². The molecule has 0 fully saturated rings. The Morgan fingerprint density at radius 2 is 1.54 bits per heavy atom. The summed E-state index contributed by atoms with van der Waals surface area (Å²) in [6.07, 6.45) is 1.65. The molecule has 182 valence electrons. The van der Waals surface area contributed by atoms with E-state index in [2.05, 4.69) is 14.7 Å². The fourth-order valence-corrected chi connectivity index (χ4v) is 5.57. The summed E-state index contributed by atoms with van der Waals surface area (Å²) in [7, 11) is -4.10. The lowest BCUT2D eigenvalue weighted by atomic mass is 10.0. The summed E-state index contributed by atoms with van der Waals surface area (Å²) < 4.78 is 31.1. The Labute approximate surface area is 212 Å². The van der Waals surface area contributed by atoms with Gasteiger partial charge in [0.15, 0.2) is 5.84 Å². The standard InChI is InChI=1S/C28H20N4O4S/c33-25-21-15-20(19-11-5-2-6-12-19)16-29-27(21)32(17-18-9-3-1-4-10-18)28(34)24(25)26-30-22-13-7-8-14-23(22)37(35,36)31-26/h1-16,33H,17H2,(H,30,31). The van der Waals surface area contributed by atoms with Crippen LogP contribution in [0.4, 0.5) is 5.69 Å². The average Bonchev–Trinajstić information content (AvgIpc) is 2.92. The average molecular weight is 509 g/mol. The minimum Gasteiger partial charge on any atom is -0.506 e. The van der Waals surface area contributed by atoms with Crippen molar-refractivity contribution in [3.05, 3.63) is 119 Å². The molecule has 6 rings (SSSR count). The second kappa shape index (κ2) is 8.72. The third kappa shape index (κ3) is 3.95. The Morgan fingerprint density at radius 1 is 0.865 bits per heavy atom. The van der Waals surface area contributed by atoms with Crippen LogP contribution in [0.3, 0.4) is 0 Å². The van der Waals surface area contributed by atoms with E-state index in [4.69, 9.17) is 0 Å². The van der Waals surface area contributed by atoms with Gasteiger partial charge in [0.2, 0.25) is 0 Å². The molecule has 9 heteroatoms. The molecule has 8 nitrogen and oxygen atoms in total. The molecule has 37 heavy (non-hydrogen) atoms. The minimum absolute atomic E-state index is 0.00308. The Bertz CT molecular complexity index is 1870. The number of hydrogen-bond acceptors (Lipinski definition) is 6. The molecule has 1 aliphatic rings. The molecule has 0 spiro atoms. The fraction of sp³-hybridized carbons (Fsp3) is 0.0357. The van der Waals surface area contributed by atoms with Crippen molar-refractivity contribution >= 4 is 32.6 Å². The number of aromatic nitrogens is 2. The molecule has 0 saturated heterocycles. The molecule has 0 atom stereocenters. The van der Waals surface area contributed by atoms with Crippen molar-refractivity contribution in [3.8, 4) is 16.9 Å². The summed E-state index contributed by atoms with van der Waals surface area (Å²) in [5, 5.41) is 14.6. The number of nitrogens with zero attached hydrogens (tertiary/aromatic N) is 3. The monoisotopic (exact) mass is 508 g/mol. The molecular weight excluding hydrogens is 488 g/mol. The first-order chi connectivity index (χ1) is 17.9. The van der Waals surface area contributed by atoms with Gasteiger partial charge in [0.25, 0.3) is 15.6 Å². The molecule has 0 unspecified atom stereocenters. The van der Waals surface area contributed by atoms with E-state index in [-0.39, 0.29) is 34.2 Å². The number of aromatic hydroxyl groups is 1. The molecule has 3 heterocycles. The lowest BCUT2D eigenvalue weighted by molar-refractivity contribution is 0.477. The van der Waals surface area contributed by atoms with Gasteiger partial charge < -0.3 is 10.4 Å². The van der Waals surface area contributed by atoms with Gasteiger partial charge >= 0.3 is 0 Å². The molecule has 2 aromatic heterocycles. The second-order valence-corrected chi connectivity index (χ2v) is 10.2. The number of hydrogen-bond donors (Lipinski definition) is 2. The van der Waals surface area contributed by atoms with Crippen LogP contribution in [0.1, 0.15) is 11.1 Å². The zero-order chi connectivity index (χ0) is 25.6. The maximum absolute atomic E-state index is 13.8. The first kappa shape index (κ1) is 22.7. The van der Waals surface area contributed by atoms with Crippen LogP contribution in [0.25, 0.3) is 22.2 Å². The molecular formula is C28H20N4O4S. The van der Waals surface area contributed by atoms with E-state index in [1.165, 1.54) is 10.6 Å². The normalized spacial score (nSPS) is 14.0. The lowest BCUT2D eigenvalue weighted by Crippen LogP contribution is -2.33. The minimum atomic E-state index is -4.10. The third-order valence-corrected chi connectivity index (χ3v) is 7.56. The highest BCUT2D eigenvalue weighted by atomic mass is 32.2. The van der Waals surface area contributed by atoms with E-state index in [1.54, 1.807) is 30.5 Å². The number of fused-ring (bicyclic) bond motifs is 2. The highest BCUT2D eigenvalue weighted by Crippen LogP contribution is 2.33. The van der Waals surface area contributed by atoms with Gasteiger partial charge in [-0.15, -0.1) is 4.40 Å². The number of anilines is 1. The SMILES string of the molecule is O=c1c(C2=NS(=O)(=O)c3ccccc3N2)c(O)c2cc(-c3ccccc3)cnc2n1Cc1ccccc1. The molecule has 0 aliphatic carbocycles. The molecule has 1 aliphatic heterocycles. The number of sulfonamides is 1. The molecule has 5 aromatic rings. The molecule has 0 amide bonds. The Morgan fingerprint density at radius 3 is 2.30 bits per heavy atom. The number of amidine groups is 1.